The molecule has 0 bridgehead atoms. The summed E-state index contributed by atoms with van der Waals surface area (Å²) in [4.78, 5) is 24.3. The van der Waals surface area contributed by atoms with Gasteiger partial charge in [0.1, 0.15) is 5.69 Å². The highest BCUT2D eigenvalue weighted by atomic mass is 16.5. The van der Waals surface area contributed by atoms with E-state index in [2.05, 4.69) is 55.7 Å². The van der Waals surface area contributed by atoms with Gasteiger partial charge in [-0.05, 0) is 40.8 Å². The van der Waals surface area contributed by atoms with Crippen LogP contribution < -0.4 is 10.6 Å². The van der Waals surface area contributed by atoms with Gasteiger partial charge in [-0.1, -0.05) is 45.0 Å². The minimum atomic E-state index is -0.152. The van der Waals surface area contributed by atoms with Crippen molar-refractivity contribution in [2.45, 2.75) is 39.7 Å². The molecule has 0 spiro atoms. The van der Waals surface area contributed by atoms with Crippen molar-refractivity contribution in [3.63, 3.8) is 0 Å². The van der Waals surface area contributed by atoms with Crippen LogP contribution in [-0.4, -0.2) is 36.6 Å². The molecule has 0 radical (unpaired) electrons. The van der Waals surface area contributed by atoms with Crippen LogP contribution in [0.5, 0.6) is 0 Å². The van der Waals surface area contributed by atoms with E-state index in [-0.39, 0.29) is 17.2 Å². The molecule has 2 aromatic carbocycles. The standard InChI is InChI=1S/C25H31N3O3/c1-17(29)27-21-10-11-22-19(14-21)15-23(24(30)26-12-13-31-5)28(22)16-18-6-8-20(9-7-18)25(2,3)4/h6-11,14-15H,12-13,16H2,1-5H3,(H,26,30)(H,27,29). The maximum absolute atomic E-state index is 12.9. The molecule has 2 amide bonds. The van der Waals surface area contributed by atoms with Crippen molar-refractivity contribution in [2.24, 2.45) is 0 Å². The third kappa shape index (κ3) is 5.52. The zero-order chi connectivity index (χ0) is 22.6. The highest BCUT2D eigenvalue weighted by Gasteiger charge is 2.17. The number of hydrogen-bond donors (Lipinski definition) is 2. The van der Waals surface area contributed by atoms with Crippen molar-refractivity contribution in [2.75, 3.05) is 25.6 Å². The number of benzene rings is 2. The van der Waals surface area contributed by atoms with E-state index in [1.54, 1.807) is 7.11 Å². The molecule has 0 fully saturated rings. The van der Waals surface area contributed by atoms with Crippen molar-refractivity contribution >= 4 is 28.4 Å². The second kappa shape index (κ2) is 9.35. The number of nitrogens with zero attached hydrogens (tertiary/aromatic N) is 1. The van der Waals surface area contributed by atoms with Crippen molar-refractivity contribution in [1.82, 2.24) is 9.88 Å². The molecule has 6 heteroatoms. The molecule has 6 nitrogen and oxygen atoms in total. The molecule has 0 saturated heterocycles. The highest BCUT2D eigenvalue weighted by molar-refractivity contribution is 6.00. The van der Waals surface area contributed by atoms with Gasteiger partial charge in [0.15, 0.2) is 0 Å². The van der Waals surface area contributed by atoms with Crippen molar-refractivity contribution in [1.29, 1.82) is 0 Å². The average molecular weight is 422 g/mol. The summed E-state index contributed by atoms with van der Waals surface area (Å²) in [6.45, 7) is 9.51. The zero-order valence-corrected chi connectivity index (χ0v) is 18.9. The Labute approximate surface area is 183 Å². The van der Waals surface area contributed by atoms with Gasteiger partial charge in [0.25, 0.3) is 5.91 Å². The molecular formula is C25H31N3O3. The van der Waals surface area contributed by atoms with Crippen molar-refractivity contribution in [3.8, 4) is 0 Å². The number of carbonyl (C=O) groups excluding carboxylic acids is 2. The number of amides is 2. The largest absolute Gasteiger partial charge is 0.383 e. The Balaban J connectivity index is 1.98. The first-order valence-electron chi connectivity index (χ1n) is 10.5. The summed E-state index contributed by atoms with van der Waals surface area (Å²) in [5.74, 6) is -0.282. The molecule has 31 heavy (non-hydrogen) atoms. The van der Waals surface area contributed by atoms with Crippen LogP contribution in [0, 0.1) is 0 Å². The average Bonchev–Trinajstić information content (AvgIpc) is 3.05. The molecule has 1 heterocycles. The van der Waals surface area contributed by atoms with E-state index < -0.39 is 0 Å². The number of aromatic nitrogens is 1. The summed E-state index contributed by atoms with van der Waals surface area (Å²) < 4.78 is 7.06. The third-order valence-electron chi connectivity index (χ3n) is 5.21. The van der Waals surface area contributed by atoms with Crippen LogP contribution in [0.25, 0.3) is 10.9 Å². The molecule has 3 rings (SSSR count). The van der Waals surface area contributed by atoms with Gasteiger partial charge in [-0.3, -0.25) is 9.59 Å². The van der Waals surface area contributed by atoms with E-state index in [9.17, 15) is 9.59 Å². The lowest BCUT2D eigenvalue weighted by atomic mass is 9.87. The maximum atomic E-state index is 12.9. The quantitative estimate of drug-likeness (QED) is 0.558. The van der Waals surface area contributed by atoms with Gasteiger partial charge in [0, 0.05) is 43.7 Å². The molecule has 0 aliphatic carbocycles. The number of nitrogens with one attached hydrogen (secondary N) is 2. The van der Waals surface area contributed by atoms with E-state index in [0.717, 1.165) is 16.5 Å². The molecular weight excluding hydrogens is 390 g/mol. The Morgan fingerprint density at radius 1 is 1.03 bits per heavy atom. The predicted molar refractivity (Wildman–Crippen MR) is 125 cm³/mol. The molecule has 0 aliphatic heterocycles. The molecule has 164 valence electrons. The van der Waals surface area contributed by atoms with Gasteiger partial charge in [-0.15, -0.1) is 0 Å². The monoisotopic (exact) mass is 421 g/mol. The zero-order valence-electron chi connectivity index (χ0n) is 18.9. The number of ether oxygens (including phenoxy) is 1. The summed E-state index contributed by atoms with van der Waals surface area (Å²) in [5.41, 5.74) is 4.69. The molecule has 3 aromatic rings. The summed E-state index contributed by atoms with van der Waals surface area (Å²) in [7, 11) is 1.61. The Morgan fingerprint density at radius 2 is 1.74 bits per heavy atom. The number of anilines is 1. The van der Waals surface area contributed by atoms with E-state index in [1.807, 2.05) is 28.8 Å². The van der Waals surface area contributed by atoms with Crippen LogP contribution in [0.15, 0.2) is 48.5 Å². The number of carbonyl (C=O) groups is 2. The lowest BCUT2D eigenvalue weighted by Crippen LogP contribution is -2.29. The minimum absolute atomic E-state index is 0.0885. The summed E-state index contributed by atoms with van der Waals surface area (Å²) in [6.07, 6.45) is 0. The van der Waals surface area contributed by atoms with E-state index in [1.165, 1.54) is 12.5 Å². The minimum Gasteiger partial charge on any atom is -0.383 e. The predicted octanol–water partition coefficient (Wildman–Crippen LogP) is 4.32. The first-order valence-corrected chi connectivity index (χ1v) is 10.5. The van der Waals surface area contributed by atoms with Gasteiger partial charge >= 0.3 is 0 Å². The topological polar surface area (TPSA) is 72.4 Å². The first-order chi connectivity index (χ1) is 14.7. The van der Waals surface area contributed by atoms with Gasteiger partial charge < -0.3 is 19.9 Å². The van der Waals surface area contributed by atoms with Crippen LogP contribution in [0.2, 0.25) is 0 Å². The normalized spacial score (nSPS) is 11.5. The smallest absolute Gasteiger partial charge is 0.268 e. The van der Waals surface area contributed by atoms with Crippen LogP contribution in [0.3, 0.4) is 0 Å². The molecule has 0 aliphatic rings. The molecule has 0 unspecified atom stereocenters. The van der Waals surface area contributed by atoms with Gasteiger partial charge in [-0.25, -0.2) is 0 Å². The lowest BCUT2D eigenvalue weighted by Gasteiger charge is -2.19. The molecule has 0 saturated carbocycles. The first kappa shape index (κ1) is 22.6. The van der Waals surface area contributed by atoms with Crippen molar-refractivity contribution < 1.29 is 14.3 Å². The van der Waals surface area contributed by atoms with Gasteiger partial charge in [0.05, 0.1) is 6.61 Å². The number of fused-ring (bicyclic) bond motifs is 1. The lowest BCUT2D eigenvalue weighted by molar-refractivity contribution is -0.114. The fourth-order valence-corrected chi connectivity index (χ4v) is 3.56. The fourth-order valence-electron chi connectivity index (χ4n) is 3.56. The molecule has 0 atom stereocenters. The second-order valence-corrected chi connectivity index (χ2v) is 8.77. The number of methoxy groups -OCH3 is 1. The summed E-state index contributed by atoms with van der Waals surface area (Å²) in [6, 6.07) is 16.1. The highest BCUT2D eigenvalue weighted by Crippen LogP contribution is 2.26. The molecule has 1 aromatic heterocycles. The van der Waals surface area contributed by atoms with Crippen LogP contribution in [0.1, 0.15) is 49.3 Å². The van der Waals surface area contributed by atoms with E-state index in [0.29, 0.717) is 31.1 Å². The van der Waals surface area contributed by atoms with Crippen LogP contribution in [0.4, 0.5) is 5.69 Å². The summed E-state index contributed by atoms with van der Waals surface area (Å²) >= 11 is 0. The second-order valence-electron chi connectivity index (χ2n) is 8.77. The van der Waals surface area contributed by atoms with E-state index in [4.69, 9.17) is 4.74 Å². The van der Waals surface area contributed by atoms with Crippen LogP contribution >= 0.6 is 0 Å². The Bertz CT molecular complexity index is 1080. The Kier molecular flexibility index (Phi) is 6.81. The van der Waals surface area contributed by atoms with Gasteiger partial charge in [-0.2, -0.15) is 0 Å². The number of hydrogen-bond acceptors (Lipinski definition) is 3. The van der Waals surface area contributed by atoms with Crippen molar-refractivity contribution in [3.05, 3.63) is 65.4 Å². The van der Waals surface area contributed by atoms with Gasteiger partial charge in [0.2, 0.25) is 5.91 Å². The Hall–Kier alpha value is -3.12. The number of rotatable bonds is 7. The van der Waals surface area contributed by atoms with E-state index >= 15 is 0 Å². The maximum Gasteiger partial charge on any atom is 0.268 e. The van der Waals surface area contributed by atoms with Crippen LogP contribution in [-0.2, 0) is 21.5 Å². The Morgan fingerprint density at radius 3 is 2.35 bits per heavy atom. The summed E-state index contributed by atoms with van der Waals surface area (Å²) in [5, 5.41) is 6.61. The molecule has 2 N–H and O–H groups in total. The third-order valence-corrected chi connectivity index (χ3v) is 5.21. The SMILES string of the molecule is COCCNC(=O)c1cc2cc(NC(C)=O)ccc2n1Cc1ccc(C(C)(C)C)cc1. The fraction of sp³-hybridized carbons (Fsp3) is 0.360.